The molecule has 0 unspecified atom stereocenters. The van der Waals surface area contributed by atoms with E-state index in [1.54, 1.807) is 11.4 Å². The quantitative estimate of drug-likeness (QED) is 0.813. The summed E-state index contributed by atoms with van der Waals surface area (Å²) >= 11 is 4.55. The zero-order valence-corrected chi connectivity index (χ0v) is 10.4. The van der Waals surface area contributed by atoms with Gasteiger partial charge in [0.2, 0.25) is 5.78 Å². The van der Waals surface area contributed by atoms with E-state index in [0.29, 0.717) is 27.4 Å². The molecule has 0 fully saturated rings. The highest BCUT2D eigenvalue weighted by Gasteiger charge is 2.18. The summed E-state index contributed by atoms with van der Waals surface area (Å²) in [5.74, 6) is 0.641. The molecule has 0 aliphatic carbocycles. The maximum atomic E-state index is 12.0. The van der Waals surface area contributed by atoms with Crippen LogP contribution in [-0.2, 0) is 6.42 Å². The van der Waals surface area contributed by atoms with E-state index in [1.165, 1.54) is 17.6 Å². The lowest BCUT2D eigenvalue weighted by molar-refractivity contribution is 0.103. The minimum atomic E-state index is -0.0729. The summed E-state index contributed by atoms with van der Waals surface area (Å²) < 4.78 is 5.90. The van der Waals surface area contributed by atoms with Gasteiger partial charge in [-0.2, -0.15) is 0 Å². The molecular weight excluding hydrogens is 278 g/mol. The normalized spacial score (nSPS) is 10.5. The molecule has 2 aromatic rings. The number of halogens is 1. The van der Waals surface area contributed by atoms with Gasteiger partial charge in [0.25, 0.3) is 0 Å². The monoisotopic (exact) mass is 285 g/mol. The molecule has 0 bridgehead atoms. The van der Waals surface area contributed by atoms with E-state index >= 15 is 0 Å². The molecular formula is C10H8BrNO2S. The number of hydrogen-bond donors (Lipinski definition) is 0. The number of aryl methyl sites for hydroxylation is 1. The smallest absolute Gasteiger partial charge is 0.225 e. The number of aromatic nitrogens is 1. The summed E-state index contributed by atoms with van der Waals surface area (Å²) in [4.78, 5) is 16.1. The summed E-state index contributed by atoms with van der Waals surface area (Å²) in [6.07, 6.45) is 2.25. The van der Waals surface area contributed by atoms with Crippen molar-refractivity contribution in [3.63, 3.8) is 0 Å². The van der Waals surface area contributed by atoms with Crippen molar-refractivity contribution >= 4 is 33.0 Å². The molecule has 2 rings (SSSR count). The van der Waals surface area contributed by atoms with Gasteiger partial charge in [-0.15, -0.1) is 11.3 Å². The Hall–Kier alpha value is -0.940. The third-order valence-corrected chi connectivity index (χ3v) is 3.53. The Balaban J connectivity index is 2.36. The Bertz CT molecular complexity index is 489. The van der Waals surface area contributed by atoms with E-state index in [1.807, 2.05) is 6.92 Å². The van der Waals surface area contributed by atoms with Crippen LogP contribution in [0.5, 0.6) is 0 Å². The van der Waals surface area contributed by atoms with Crippen molar-refractivity contribution in [3.05, 3.63) is 38.6 Å². The fourth-order valence-electron chi connectivity index (χ4n) is 1.29. The van der Waals surface area contributed by atoms with Crippen LogP contribution in [0.15, 0.2) is 26.7 Å². The highest BCUT2D eigenvalue weighted by Crippen LogP contribution is 2.21. The van der Waals surface area contributed by atoms with Gasteiger partial charge in [0.15, 0.2) is 5.01 Å². The SMILES string of the molecule is CCc1occc1C(=O)c1nc(Br)cs1. The summed E-state index contributed by atoms with van der Waals surface area (Å²) in [5.41, 5.74) is 0.611. The fraction of sp³-hybridized carbons (Fsp3) is 0.200. The molecule has 0 atom stereocenters. The van der Waals surface area contributed by atoms with Gasteiger partial charge < -0.3 is 4.42 Å². The van der Waals surface area contributed by atoms with Gasteiger partial charge in [-0.25, -0.2) is 4.98 Å². The molecule has 2 heterocycles. The molecule has 0 radical (unpaired) electrons. The van der Waals surface area contributed by atoms with Gasteiger partial charge in [0, 0.05) is 11.8 Å². The van der Waals surface area contributed by atoms with Crippen LogP contribution in [0.3, 0.4) is 0 Å². The zero-order valence-electron chi connectivity index (χ0n) is 7.99. The first-order valence-electron chi connectivity index (χ1n) is 4.44. The minimum absolute atomic E-state index is 0.0729. The van der Waals surface area contributed by atoms with E-state index in [4.69, 9.17) is 4.42 Å². The first-order valence-corrected chi connectivity index (χ1v) is 6.11. The molecule has 0 aliphatic rings. The minimum Gasteiger partial charge on any atom is -0.469 e. The molecule has 3 nitrogen and oxygen atoms in total. The number of rotatable bonds is 3. The largest absolute Gasteiger partial charge is 0.469 e. The van der Waals surface area contributed by atoms with Gasteiger partial charge in [0.05, 0.1) is 11.8 Å². The standard InChI is InChI=1S/C10H8BrNO2S/c1-2-7-6(3-4-14-7)9(13)10-12-8(11)5-15-10/h3-5H,2H2,1H3. The van der Waals surface area contributed by atoms with Crippen LogP contribution in [0, 0.1) is 0 Å². The molecule has 0 saturated heterocycles. The van der Waals surface area contributed by atoms with Crippen molar-refractivity contribution in [3.8, 4) is 0 Å². The van der Waals surface area contributed by atoms with Crippen LogP contribution in [0.25, 0.3) is 0 Å². The number of nitrogens with zero attached hydrogens (tertiary/aromatic N) is 1. The van der Waals surface area contributed by atoms with E-state index in [9.17, 15) is 4.79 Å². The van der Waals surface area contributed by atoms with E-state index in [0.717, 1.165) is 0 Å². The molecule has 15 heavy (non-hydrogen) atoms. The van der Waals surface area contributed by atoms with Gasteiger partial charge in [-0.05, 0) is 22.0 Å². The average Bonchev–Trinajstić information content (AvgIpc) is 2.84. The lowest BCUT2D eigenvalue weighted by atomic mass is 10.1. The van der Waals surface area contributed by atoms with Gasteiger partial charge in [0.1, 0.15) is 10.4 Å². The zero-order chi connectivity index (χ0) is 10.8. The summed E-state index contributed by atoms with van der Waals surface area (Å²) in [6.45, 7) is 1.95. The van der Waals surface area contributed by atoms with Crippen LogP contribution in [0.1, 0.15) is 28.0 Å². The van der Waals surface area contributed by atoms with E-state index < -0.39 is 0 Å². The third-order valence-electron chi connectivity index (χ3n) is 1.98. The lowest BCUT2D eigenvalue weighted by Gasteiger charge is -1.95. The molecule has 0 spiro atoms. The summed E-state index contributed by atoms with van der Waals surface area (Å²) in [7, 11) is 0. The van der Waals surface area contributed by atoms with Crippen LogP contribution in [-0.4, -0.2) is 10.8 Å². The predicted molar refractivity (Wildman–Crippen MR) is 61.3 cm³/mol. The van der Waals surface area contributed by atoms with Crippen LogP contribution in [0.2, 0.25) is 0 Å². The molecule has 0 amide bonds. The molecule has 0 aliphatic heterocycles. The summed E-state index contributed by atoms with van der Waals surface area (Å²) in [5, 5.41) is 2.27. The van der Waals surface area contributed by atoms with Crippen molar-refractivity contribution in [2.75, 3.05) is 0 Å². The molecule has 0 saturated carbocycles. The molecule has 78 valence electrons. The number of carbonyl (C=O) groups is 1. The van der Waals surface area contributed by atoms with Crippen molar-refractivity contribution in [1.29, 1.82) is 0 Å². The first kappa shape index (κ1) is 10.6. The number of furan rings is 1. The average molecular weight is 286 g/mol. The van der Waals surface area contributed by atoms with E-state index in [2.05, 4.69) is 20.9 Å². The topological polar surface area (TPSA) is 43.1 Å². The van der Waals surface area contributed by atoms with Crippen LogP contribution in [0.4, 0.5) is 0 Å². The Labute approximate surface area is 99.3 Å². The maximum Gasteiger partial charge on any atom is 0.225 e. The number of ketones is 1. The van der Waals surface area contributed by atoms with Crippen LogP contribution >= 0.6 is 27.3 Å². The van der Waals surface area contributed by atoms with Gasteiger partial charge >= 0.3 is 0 Å². The Morgan fingerprint density at radius 1 is 1.67 bits per heavy atom. The molecule has 5 heteroatoms. The third kappa shape index (κ3) is 2.03. The second-order valence-electron chi connectivity index (χ2n) is 2.92. The first-order chi connectivity index (χ1) is 7.22. The van der Waals surface area contributed by atoms with Crippen molar-refractivity contribution in [2.24, 2.45) is 0 Å². The highest BCUT2D eigenvalue weighted by atomic mass is 79.9. The maximum absolute atomic E-state index is 12.0. The van der Waals surface area contributed by atoms with Crippen molar-refractivity contribution < 1.29 is 9.21 Å². The van der Waals surface area contributed by atoms with Gasteiger partial charge in [-0.1, -0.05) is 6.92 Å². The number of hydrogen-bond acceptors (Lipinski definition) is 4. The second kappa shape index (κ2) is 4.28. The summed E-state index contributed by atoms with van der Waals surface area (Å²) in [6, 6.07) is 1.69. The molecule has 2 aromatic heterocycles. The lowest BCUT2D eigenvalue weighted by Crippen LogP contribution is -2.01. The van der Waals surface area contributed by atoms with Crippen LogP contribution < -0.4 is 0 Å². The van der Waals surface area contributed by atoms with Gasteiger partial charge in [-0.3, -0.25) is 4.79 Å². The second-order valence-corrected chi connectivity index (χ2v) is 4.59. The Morgan fingerprint density at radius 2 is 2.47 bits per heavy atom. The number of thiazole rings is 1. The Kier molecular flexibility index (Phi) is 3.02. The van der Waals surface area contributed by atoms with Crippen molar-refractivity contribution in [1.82, 2.24) is 4.98 Å². The predicted octanol–water partition coefficient (Wildman–Crippen LogP) is 3.29. The van der Waals surface area contributed by atoms with Crippen molar-refractivity contribution in [2.45, 2.75) is 13.3 Å². The molecule has 0 aromatic carbocycles. The van der Waals surface area contributed by atoms with E-state index in [-0.39, 0.29) is 5.78 Å². The fourth-order valence-corrected chi connectivity index (χ4v) is 2.50. The highest BCUT2D eigenvalue weighted by molar-refractivity contribution is 9.10. The Morgan fingerprint density at radius 3 is 3.07 bits per heavy atom. The number of carbonyl (C=O) groups excluding carboxylic acids is 1. The molecule has 0 N–H and O–H groups in total.